The first-order chi connectivity index (χ1) is 20.9. The van der Waals surface area contributed by atoms with E-state index in [1.54, 1.807) is 23.8 Å². The van der Waals surface area contributed by atoms with Gasteiger partial charge in [0.05, 0.1) is 23.8 Å². The molecular formula is C32H47N7O5. The van der Waals surface area contributed by atoms with Crippen LogP contribution < -0.4 is 5.32 Å². The standard InChI is InChI=1S/C32H47N7O5/c1-22-27(35-39(34-22)26-13-7-6-8-14-26)30(42)37-17-15-25(16-18-37)36(5)31(43)28(32(2,3)4)33-29(41)24(20-38(44)21-40)19-23-11-9-10-12-23/h6-8,13-14,21,23-25,28,44H,9-12,15-20H2,1-5H3,(H,33,41)/t24-,28-/m1/s1. The molecule has 12 nitrogen and oxygen atoms in total. The first-order valence-electron chi connectivity index (χ1n) is 15.7. The Labute approximate surface area is 259 Å². The summed E-state index contributed by atoms with van der Waals surface area (Å²) < 4.78 is 0. The van der Waals surface area contributed by atoms with Crippen molar-refractivity contribution in [2.24, 2.45) is 17.3 Å². The molecule has 1 aromatic heterocycles. The molecule has 1 saturated heterocycles. The molecule has 1 saturated carbocycles. The fraction of sp³-hybridized carbons (Fsp3) is 0.625. The van der Waals surface area contributed by atoms with Crippen molar-refractivity contribution in [2.75, 3.05) is 26.7 Å². The quantitative estimate of drug-likeness (QED) is 0.226. The van der Waals surface area contributed by atoms with Gasteiger partial charge in [-0.3, -0.25) is 24.4 Å². The Morgan fingerprint density at radius 1 is 1.07 bits per heavy atom. The summed E-state index contributed by atoms with van der Waals surface area (Å²) in [5.41, 5.74) is 1.06. The summed E-state index contributed by atoms with van der Waals surface area (Å²) in [4.78, 5) is 56.8. The van der Waals surface area contributed by atoms with Crippen LogP contribution in [0.15, 0.2) is 30.3 Å². The minimum absolute atomic E-state index is 0.105. The number of hydrogen-bond acceptors (Lipinski definition) is 7. The van der Waals surface area contributed by atoms with Gasteiger partial charge in [-0.2, -0.15) is 9.90 Å². The fourth-order valence-electron chi connectivity index (χ4n) is 6.33. The lowest BCUT2D eigenvalue weighted by molar-refractivity contribution is -0.156. The zero-order valence-corrected chi connectivity index (χ0v) is 26.6. The molecule has 1 aliphatic heterocycles. The summed E-state index contributed by atoms with van der Waals surface area (Å²) in [7, 11) is 1.75. The number of piperidine rings is 1. The van der Waals surface area contributed by atoms with Crippen molar-refractivity contribution < 1.29 is 24.4 Å². The lowest BCUT2D eigenvalue weighted by Crippen LogP contribution is -2.58. The monoisotopic (exact) mass is 609 g/mol. The largest absolute Gasteiger partial charge is 0.344 e. The molecule has 240 valence electrons. The average Bonchev–Trinajstić information content (AvgIpc) is 3.67. The summed E-state index contributed by atoms with van der Waals surface area (Å²) >= 11 is 0. The van der Waals surface area contributed by atoms with E-state index in [-0.39, 0.29) is 30.3 Å². The Morgan fingerprint density at radius 2 is 1.70 bits per heavy atom. The molecule has 4 amide bonds. The zero-order valence-electron chi connectivity index (χ0n) is 26.6. The number of hydroxylamine groups is 2. The van der Waals surface area contributed by atoms with Crippen LogP contribution in [-0.2, 0) is 14.4 Å². The van der Waals surface area contributed by atoms with Gasteiger partial charge in [0.15, 0.2) is 5.69 Å². The molecule has 1 aliphatic carbocycles. The molecule has 12 heteroatoms. The van der Waals surface area contributed by atoms with Crippen LogP contribution in [0.2, 0.25) is 0 Å². The summed E-state index contributed by atoms with van der Waals surface area (Å²) in [5, 5.41) is 22.3. The van der Waals surface area contributed by atoms with Crippen molar-refractivity contribution in [1.82, 2.24) is 35.2 Å². The number of rotatable bonds is 11. The second-order valence-corrected chi connectivity index (χ2v) is 13.3. The van der Waals surface area contributed by atoms with Crippen molar-refractivity contribution in [1.29, 1.82) is 0 Å². The van der Waals surface area contributed by atoms with Gasteiger partial charge in [-0.15, -0.1) is 5.10 Å². The second kappa shape index (κ2) is 14.3. The molecule has 1 aromatic carbocycles. The minimum atomic E-state index is -0.801. The number of nitrogens with one attached hydrogen (secondary N) is 1. The second-order valence-electron chi connectivity index (χ2n) is 13.3. The summed E-state index contributed by atoms with van der Waals surface area (Å²) in [6.45, 7) is 8.31. The van der Waals surface area contributed by atoms with Crippen molar-refractivity contribution >= 4 is 24.1 Å². The molecule has 44 heavy (non-hydrogen) atoms. The maximum absolute atomic E-state index is 13.9. The van der Waals surface area contributed by atoms with E-state index in [1.165, 1.54) is 4.80 Å². The Morgan fingerprint density at radius 3 is 2.30 bits per heavy atom. The minimum Gasteiger partial charge on any atom is -0.344 e. The van der Waals surface area contributed by atoms with E-state index >= 15 is 0 Å². The van der Waals surface area contributed by atoms with Gasteiger partial charge in [-0.25, -0.2) is 5.06 Å². The zero-order chi connectivity index (χ0) is 32.0. The van der Waals surface area contributed by atoms with Gasteiger partial charge < -0.3 is 15.1 Å². The predicted octanol–water partition coefficient (Wildman–Crippen LogP) is 3.21. The molecule has 0 radical (unpaired) electrons. The molecule has 0 bridgehead atoms. The lowest BCUT2D eigenvalue weighted by atomic mass is 9.84. The van der Waals surface area contributed by atoms with Gasteiger partial charge in [0.1, 0.15) is 6.04 Å². The van der Waals surface area contributed by atoms with E-state index in [0.717, 1.165) is 31.4 Å². The summed E-state index contributed by atoms with van der Waals surface area (Å²) in [5.74, 6) is -0.976. The number of carbonyl (C=O) groups excluding carboxylic acids is 4. The van der Waals surface area contributed by atoms with E-state index in [0.29, 0.717) is 61.1 Å². The molecule has 2 atom stereocenters. The van der Waals surface area contributed by atoms with Crippen LogP contribution in [0.1, 0.15) is 81.9 Å². The van der Waals surface area contributed by atoms with Crippen molar-refractivity contribution in [2.45, 2.75) is 84.7 Å². The van der Waals surface area contributed by atoms with E-state index in [9.17, 15) is 24.4 Å². The number of carbonyl (C=O) groups is 4. The third-order valence-corrected chi connectivity index (χ3v) is 9.01. The molecule has 2 N–H and O–H groups in total. The molecule has 2 aromatic rings. The molecule has 4 rings (SSSR count). The van der Waals surface area contributed by atoms with Crippen LogP contribution in [0, 0.1) is 24.2 Å². The van der Waals surface area contributed by atoms with Crippen LogP contribution in [0.5, 0.6) is 0 Å². The highest BCUT2D eigenvalue weighted by Gasteiger charge is 2.39. The van der Waals surface area contributed by atoms with Crippen LogP contribution in [0.3, 0.4) is 0 Å². The number of hydrogen-bond donors (Lipinski definition) is 2. The van der Waals surface area contributed by atoms with Gasteiger partial charge in [-0.05, 0) is 49.7 Å². The van der Waals surface area contributed by atoms with E-state index < -0.39 is 17.4 Å². The number of amides is 4. The van der Waals surface area contributed by atoms with Crippen LogP contribution in [0.4, 0.5) is 0 Å². The first-order valence-corrected chi connectivity index (χ1v) is 15.7. The maximum Gasteiger partial charge on any atom is 0.276 e. The smallest absolute Gasteiger partial charge is 0.276 e. The number of likely N-dealkylation sites (tertiary alicyclic amines) is 1. The maximum atomic E-state index is 13.9. The topological polar surface area (TPSA) is 141 Å². The van der Waals surface area contributed by atoms with Gasteiger partial charge in [0.25, 0.3) is 5.91 Å². The molecular weight excluding hydrogens is 562 g/mol. The Balaban J connectivity index is 1.39. The van der Waals surface area contributed by atoms with Gasteiger partial charge in [0.2, 0.25) is 18.2 Å². The highest BCUT2D eigenvalue weighted by Crippen LogP contribution is 2.31. The van der Waals surface area contributed by atoms with Gasteiger partial charge in [-0.1, -0.05) is 64.7 Å². The van der Waals surface area contributed by atoms with Gasteiger partial charge in [0, 0.05) is 26.2 Å². The van der Waals surface area contributed by atoms with E-state index in [1.807, 2.05) is 51.1 Å². The third kappa shape index (κ3) is 8.02. The fourth-order valence-corrected chi connectivity index (χ4v) is 6.33. The SMILES string of the molecule is Cc1nn(-c2ccccc2)nc1C(=O)N1CCC(N(C)C(=O)[C@@H](NC(=O)[C@H](CC2CCCC2)CN(O)C=O)C(C)(C)C)CC1. The molecule has 0 spiro atoms. The van der Waals surface area contributed by atoms with E-state index in [4.69, 9.17) is 0 Å². The Kier molecular flexibility index (Phi) is 10.8. The van der Waals surface area contributed by atoms with E-state index in [2.05, 4.69) is 15.5 Å². The van der Waals surface area contributed by atoms with Crippen molar-refractivity contribution in [3.8, 4) is 5.69 Å². The summed E-state index contributed by atoms with van der Waals surface area (Å²) in [6, 6.07) is 8.53. The average molecular weight is 610 g/mol. The number of aryl methyl sites for hydroxylation is 1. The van der Waals surface area contributed by atoms with Gasteiger partial charge >= 0.3 is 0 Å². The number of aromatic nitrogens is 3. The van der Waals surface area contributed by atoms with Crippen molar-refractivity contribution in [3.05, 3.63) is 41.7 Å². The molecule has 0 unspecified atom stereocenters. The predicted molar refractivity (Wildman–Crippen MR) is 164 cm³/mol. The molecule has 2 aliphatic rings. The molecule has 2 heterocycles. The normalized spacial score (nSPS) is 17.6. The lowest BCUT2D eigenvalue weighted by Gasteiger charge is -2.40. The van der Waals surface area contributed by atoms with Crippen LogP contribution in [0.25, 0.3) is 5.69 Å². The third-order valence-electron chi connectivity index (χ3n) is 9.01. The van der Waals surface area contributed by atoms with Crippen LogP contribution in [-0.4, -0.2) is 98.0 Å². The summed E-state index contributed by atoms with van der Waals surface area (Å²) in [6.07, 6.45) is 6.31. The molecule has 2 fully saturated rings. The number of likely N-dealkylation sites (N-methyl/N-ethyl adjacent to an activating group) is 1. The Hall–Kier alpha value is -3.80. The number of para-hydroxylation sites is 1. The highest BCUT2D eigenvalue weighted by atomic mass is 16.5. The number of benzene rings is 1. The first kappa shape index (κ1) is 33.1. The Bertz CT molecular complexity index is 1290. The number of nitrogens with zero attached hydrogens (tertiary/aromatic N) is 6. The highest BCUT2D eigenvalue weighted by molar-refractivity contribution is 5.93. The van der Waals surface area contributed by atoms with Crippen LogP contribution >= 0.6 is 0 Å². The van der Waals surface area contributed by atoms with Crippen molar-refractivity contribution in [3.63, 3.8) is 0 Å².